The molecule has 2 nitrogen and oxygen atoms in total. The van der Waals surface area contributed by atoms with Crippen molar-refractivity contribution < 1.29 is 4.74 Å². The van der Waals surface area contributed by atoms with Crippen molar-refractivity contribution in [3.8, 4) is 0 Å². The largest absolute Gasteiger partial charge is 0.378 e. The van der Waals surface area contributed by atoms with E-state index < -0.39 is 0 Å². The van der Waals surface area contributed by atoms with Gasteiger partial charge in [-0.15, -0.1) is 0 Å². The van der Waals surface area contributed by atoms with Gasteiger partial charge in [0, 0.05) is 30.2 Å². The minimum atomic E-state index is 0.462. The third-order valence-corrected chi connectivity index (χ3v) is 3.87. The first-order valence-corrected chi connectivity index (χ1v) is 5.95. The van der Waals surface area contributed by atoms with E-state index in [1.807, 2.05) is 11.8 Å². The minimum Gasteiger partial charge on any atom is -0.378 e. The molecule has 0 bridgehead atoms. The molecular formula is C9H17NOS. The maximum Gasteiger partial charge on any atom is 0.0561 e. The lowest BCUT2D eigenvalue weighted by Gasteiger charge is -2.34. The molecule has 2 aliphatic rings. The lowest BCUT2D eigenvalue weighted by Crippen LogP contribution is -2.49. The molecule has 12 heavy (non-hydrogen) atoms. The highest BCUT2D eigenvalue weighted by atomic mass is 32.2. The average Bonchev–Trinajstić information content (AvgIpc) is 1.97. The maximum absolute atomic E-state index is 5.50. The molecular weight excluding hydrogens is 170 g/mol. The summed E-state index contributed by atoms with van der Waals surface area (Å²) in [5.41, 5.74) is 0. The van der Waals surface area contributed by atoms with E-state index in [0.717, 1.165) is 18.7 Å². The third-order valence-electron chi connectivity index (χ3n) is 2.59. The van der Waals surface area contributed by atoms with E-state index in [0.29, 0.717) is 6.10 Å². The quantitative estimate of drug-likeness (QED) is 0.703. The Hall–Kier alpha value is 0.270. The Labute approximate surface area is 78.4 Å². The van der Waals surface area contributed by atoms with E-state index >= 15 is 0 Å². The lowest BCUT2D eigenvalue weighted by atomic mass is 10.0. The summed E-state index contributed by atoms with van der Waals surface area (Å²) in [4.78, 5) is 0. The average molecular weight is 187 g/mol. The molecule has 0 aromatic heterocycles. The Kier molecular flexibility index (Phi) is 2.94. The fourth-order valence-electron chi connectivity index (χ4n) is 1.81. The lowest BCUT2D eigenvalue weighted by molar-refractivity contribution is 0.0120. The molecule has 2 unspecified atom stereocenters. The van der Waals surface area contributed by atoms with Crippen LogP contribution < -0.4 is 5.32 Å². The standard InChI is InChI=1S/C9H17NOS/c1-7-4-8(2-3-11-7)10-9-5-12-6-9/h7-10H,2-6H2,1H3. The van der Waals surface area contributed by atoms with E-state index in [4.69, 9.17) is 4.74 Å². The monoisotopic (exact) mass is 187 g/mol. The molecule has 3 heteroatoms. The highest BCUT2D eigenvalue weighted by Crippen LogP contribution is 2.21. The molecule has 0 amide bonds. The molecule has 0 spiro atoms. The summed E-state index contributed by atoms with van der Waals surface area (Å²) >= 11 is 2.04. The van der Waals surface area contributed by atoms with Crippen LogP contribution in [0, 0.1) is 0 Å². The number of ether oxygens (including phenoxy) is 1. The maximum atomic E-state index is 5.50. The fourth-order valence-corrected chi connectivity index (χ4v) is 2.48. The Morgan fingerprint density at radius 2 is 2.17 bits per heavy atom. The molecule has 0 radical (unpaired) electrons. The fraction of sp³-hybridized carbons (Fsp3) is 1.00. The van der Waals surface area contributed by atoms with Crippen molar-refractivity contribution in [2.45, 2.75) is 38.0 Å². The van der Waals surface area contributed by atoms with Gasteiger partial charge in [-0.3, -0.25) is 0 Å². The summed E-state index contributed by atoms with van der Waals surface area (Å²) in [5.74, 6) is 2.62. The first kappa shape index (κ1) is 8.85. The highest BCUT2D eigenvalue weighted by Gasteiger charge is 2.25. The zero-order valence-electron chi connectivity index (χ0n) is 7.58. The van der Waals surface area contributed by atoms with Gasteiger partial charge in [-0.1, -0.05) is 0 Å². The second-order valence-corrected chi connectivity index (χ2v) is 4.88. The summed E-state index contributed by atoms with van der Waals surface area (Å²) in [6, 6.07) is 1.52. The molecule has 0 aromatic rings. The van der Waals surface area contributed by atoms with Crippen LogP contribution in [0.4, 0.5) is 0 Å². The molecule has 2 fully saturated rings. The van der Waals surface area contributed by atoms with Gasteiger partial charge in [0.15, 0.2) is 0 Å². The van der Waals surface area contributed by atoms with Crippen LogP contribution in [0.3, 0.4) is 0 Å². The number of hydrogen-bond donors (Lipinski definition) is 1. The summed E-state index contributed by atoms with van der Waals surface area (Å²) in [6.07, 6.45) is 2.86. The second-order valence-electron chi connectivity index (χ2n) is 3.80. The van der Waals surface area contributed by atoms with Gasteiger partial charge in [-0.05, 0) is 19.8 Å². The van der Waals surface area contributed by atoms with Crippen molar-refractivity contribution in [1.29, 1.82) is 0 Å². The molecule has 2 atom stereocenters. The zero-order chi connectivity index (χ0) is 8.39. The second kappa shape index (κ2) is 3.99. The first-order chi connectivity index (χ1) is 5.84. The summed E-state index contributed by atoms with van der Waals surface area (Å²) in [5, 5.41) is 3.68. The molecule has 70 valence electrons. The van der Waals surface area contributed by atoms with Gasteiger partial charge in [0.25, 0.3) is 0 Å². The van der Waals surface area contributed by atoms with Crippen LogP contribution in [0.25, 0.3) is 0 Å². The Morgan fingerprint density at radius 3 is 2.75 bits per heavy atom. The molecule has 0 saturated carbocycles. The summed E-state index contributed by atoms with van der Waals surface area (Å²) in [6.45, 7) is 3.11. The minimum absolute atomic E-state index is 0.462. The van der Waals surface area contributed by atoms with Gasteiger partial charge in [-0.25, -0.2) is 0 Å². The van der Waals surface area contributed by atoms with Crippen LogP contribution >= 0.6 is 11.8 Å². The van der Waals surface area contributed by atoms with E-state index in [9.17, 15) is 0 Å². The molecule has 2 rings (SSSR count). The Balaban J connectivity index is 1.71. The van der Waals surface area contributed by atoms with Gasteiger partial charge in [0.05, 0.1) is 6.10 Å². The molecule has 2 heterocycles. The molecule has 0 aromatic carbocycles. The van der Waals surface area contributed by atoms with Crippen LogP contribution in [0.15, 0.2) is 0 Å². The smallest absolute Gasteiger partial charge is 0.0561 e. The van der Waals surface area contributed by atoms with Crippen LogP contribution in [-0.2, 0) is 4.74 Å². The molecule has 1 N–H and O–H groups in total. The first-order valence-electron chi connectivity index (χ1n) is 4.80. The van der Waals surface area contributed by atoms with Crippen molar-refractivity contribution in [3.63, 3.8) is 0 Å². The molecule has 0 aliphatic carbocycles. The van der Waals surface area contributed by atoms with Crippen LogP contribution in [0.5, 0.6) is 0 Å². The van der Waals surface area contributed by atoms with Crippen molar-refractivity contribution in [3.05, 3.63) is 0 Å². The van der Waals surface area contributed by atoms with E-state index in [1.165, 1.54) is 24.3 Å². The third kappa shape index (κ3) is 2.15. The van der Waals surface area contributed by atoms with Gasteiger partial charge in [0.2, 0.25) is 0 Å². The van der Waals surface area contributed by atoms with Gasteiger partial charge < -0.3 is 10.1 Å². The van der Waals surface area contributed by atoms with Crippen LogP contribution in [0.2, 0.25) is 0 Å². The Morgan fingerprint density at radius 1 is 1.33 bits per heavy atom. The van der Waals surface area contributed by atoms with Crippen LogP contribution in [-0.4, -0.2) is 36.3 Å². The zero-order valence-corrected chi connectivity index (χ0v) is 8.40. The van der Waals surface area contributed by atoms with Gasteiger partial charge >= 0.3 is 0 Å². The van der Waals surface area contributed by atoms with Gasteiger partial charge in [0.1, 0.15) is 0 Å². The molecule has 2 saturated heterocycles. The topological polar surface area (TPSA) is 21.3 Å². The van der Waals surface area contributed by atoms with Crippen molar-refractivity contribution in [2.75, 3.05) is 18.1 Å². The van der Waals surface area contributed by atoms with Gasteiger partial charge in [-0.2, -0.15) is 11.8 Å². The number of nitrogens with one attached hydrogen (secondary N) is 1. The number of hydrogen-bond acceptors (Lipinski definition) is 3. The summed E-state index contributed by atoms with van der Waals surface area (Å²) in [7, 11) is 0. The van der Waals surface area contributed by atoms with Crippen molar-refractivity contribution >= 4 is 11.8 Å². The summed E-state index contributed by atoms with van der Waals surface area (Å²) < 4.78 is 5.50. The van der Waals surface area contributed by atoms with E-state index in [1.54, 1.807) is 0 Å². The predicted octanol–water partition coefficient (Wildman–Crippen LogP) is 1.26. The number of rotatable bonds is 2. The van der Waals surface area contributed by atoms with E-state index in [-0.39, 0.29) is 0 Å². The van der Waals surface area contributed by atoms with Crippen LogP contribution in [0.1, 0.15) is 19.8 Å². The van der Waals surface area contributed by atoms with Crippen molar-refractivity contribution in [1.82, 2.24) is 5.32 Å². The Bertz CT molecular complexity index is 149. The highest BCUT2D eigenvalue weighted by molar-refractivity contribution is 8.00. The SMILES string of the molecule is CC1CC(NC2CSC2)CCO1. The number of thioether (sulfide) groups is 1. The predicted molar refractivity (Wildman–Crippen MR) is 52.7 cm³/mol. The van der Waals surface area contributed by atoms with Crippen molar-refractivity contribution in [2.24, 2.45) is 0 Å². The normalized spacial score (nSPS) is 37.8. The molecule has 2 aliphatic heterocycles. The van der Waals surface area contributed by atoms with E-state index in [2.05, 4.69) is 12.2 Å².